The van der Waals surface area contributed by atoms with Crippen molar-refractivity contribution in [2.45, 2.75) is 26.3 Å². The molecule has 1 N–H and O–H groups in total. The molecule has 2 aliphatic heterocycles. The van der Waals surface area contributed by atoms with Crippen LogP contribution in [0.3, 0.4) is 0 Å². The molecule has 0 radical (unpaired) electrons. The van der Waals surface area contributed by atoms with Gasteiger partial charge in [-0.1, -0.05) is 19.9 Å². The van der Waals surface area contributed by atoms with Gasteiger partial charge in [0, 0.05) is 44.5 Å². The lowest BCUT2D eigenvalue weighted by molar-refractivity contribution is 0.0626. The van der Waals surface area contributed by atoms with Crippen molar-refractivity contribution in [2.75, 3.05) is 33.0 Å². The molecule has 0 aliphatic carbocycles. The molecule has 2 aromatic rings. The van der Waals surface area contributed by atoms with E-state index in [2.05, 4.69) is 16.0 Å². The molecule has 3 heterocycles. The minimum Gasteiger partial charge on any atom is -0.454 e. The summed E-state index contributed by atoms with van der Waals surface area (Å²) in [6.45, 7) is 8.00. The number of rotatable bonds is 4. The number of amides is 1. The number of pyridine rings is 1. The van der Waals surface area contributed by atoms with Crippen LogP contribution in [0.4, 0.5) is 0 Å². The van der Waals surface area contributed by atoms with Gasteiger partial charge in [-0.2, -0.15) is 0 Å². The highest BCUT2D eigenvalue weighted by Crippen LogP contribution is 2.32. The van der Waals surface area contributed by atoms with Crippen LogP contribution in [0.15, 0.2) is 35.1 Å². The predicted molar refractivity (Wildman–Crippen MR) is 105 cm³/mol. The first-order valence-electron chi connectivity index (χ1n) is 9.64. The molecule has 148 valence electrons. The summed E-state index contributed by atoms with van der Waals surface area (Å²) in [6, 6.07) is 9.10. The van der Waals surface area contributed by atoms with Gasteiger partial charge in [-0.15, -0.1) is 0 Å². The first kappa shape index (κ1) is 18.6. The number of hydrogen-bond acceptors (Lipinski definition) is 5. The lowest BCUT2D eigenvalue weighted by Crippen LogP contribution is -2.48. The Bertz CT molecular complexity index is 929. The second-order valence-corrected chi connectivity index (χ2v) is 7.56. The van der Waals surface area contributed by atoms with E-state index in [-0.39, 0.29) is 24.2 Å². The van der Waals surface area contributed by atoms with E-state index < -0.39 is 0 Å². The van der Waals surface area contributed by atoms with Crippen LogP contribution in [0.5, 0.6) is 11.5 Å². The summed E-state index contributed by atoms with van der Waals surface area (Å²) < 4.78 is 10.8. The number of nitrogens with zero attached hydrogens (tertiary/aromatic N) is 2. The second-order valence-electron chi connectivity index (χ2n) is 7.56. The normalized spacial score (nSPS) is 16.6. The van der Waals surface area contributed by atoms with Crippen molar-refractivity contribution < 1.29 is 14.3 Å². The Hall–Kier alpha value is -2.80. The lowest BCUT2D eigenvalue weighted by Gasteiger charge is -2.35. The average molecular weight is 383 g/mol. The summed E-state index contributed by atoms with van der Waals surface area (Å²) in [5.74, 6) is 1.66. The van der Waals surface area contributed by atoms with Crippen molar-refractivity contribution in [2.24, 2.45) is 0 Å². The number of hydrogen-bond donors (Lipinski definition) is 1. The number of nitrogens with one attached hydrogen (secondary N) is 1. The van der Waals surface area contributed by atoms with Crippen molar-refractivity contribution in [3.05, 3.63) is 57.5 Å². The summed E-state index contributed by atoms with van der Waals surface area (Å²) in [6.07, 6.45) is 0. The fourth-order valence-corrected chi connectivity index (χ4v) is 3.71. The van der Waals surface area contributed by atoms with Gasteiger partial charge in [-0.25, -0.2) is 0 Å². The first-order chi connectivity index (χ1) is 13.5. The van der Waals surface area contributed by atoms with Gasteiger partial charge in [0.2, 0.25) is 12.4 Å². The van der Waals surface area contributed by atoms with Gasteiger partial charge in [0.15, 0.2) is 11.5 Å². The Morgan fingerprint density at radius 1 is 1.07 bits per heavy atom. The van der Waals surface area contributed by atoms with Crippen LogP contribution < -0.4 is 15.0 Å². The second kappa shape index (κ2) is 7.67. The first-order valence-corrected chi connectivity index (χ1v) is 9.64. The fourth-order valence-electron chi connectivity index (χ4n) is 3.71. The van der Waals surface area contributed by atoms with Crippen LogP contribution in [0, 0.1) is 0 Å². The lowest BCUT2D eigenvalue weighted by atomic mass is 10.0. The number of piperazine rings is 1. The van der Waals surface area contributed by atoms with Crippen LogP contribution >= 0.6 is 0 Å². The van der Waals surface area contributed by atoms with Gasteiger partial charge in [-0.05, 0) is 29.7 Å². The minimum atomic E-state index is -0.172. The molecule has 28 heavy (non-hydrogen) atoms. The zero-order chi connectivity index (χ0) is 19.7. The van der Waals surface area contributed by atoms with Crippen LogP contribution in [-0.2, 0) is 6.54 Å². The van der Waals surface area contributed by atoms with Gasteiger partial charge in [0.05, 0.1) is 5.56 Å². The van der Waals surface area contributed by atoms with Crippen molar-refractivity contribution >= 4 is 5.91 Å². The highest BCUT2D eigenvalue weighted by atomic mass is 16.7. The third-order valence-electron chi connectivity index (χ3n) is 5.26. The maximum atomic E-state index is 13.0. The quantitative estimate of drug-likeness (QED) is 0.876. The summed E-state index contributed by atoms with van der Waals surface area (Å²) in [5, 5.41) is 0. The van der Waals surface area contributed by atoms with Crippen LogP contribution in [0.2, 0.25) is 0 Å². The highest BCUT2D eigenvalue weighted by Gasteiger charge is 2.25. The molecule has 1 amide bonds. The number of carbonyl (C=O) groups is 1. The molecule has 2 aliphatic rings. The summed E-state index contributed by atoms with van der Waals surface area (Å²) >= 11 is 0. The molecule has 0 bridgehead atoms. The molecule has 7 heteroatoms. The highest BCUT2D eigenvalue weighted by molar-refractivity contribution is 5.95. The monoisotopic (exact) mass is 383 g/mol. The number of H-pyrrole nitrogens is 1. The van der Waals surface area contributed by atoms with E-state index in [9.17, 15) is 9.59 Å². The van der Waals surface area contributed by atoms with Crippen molar-refractivity contribution in [1.29, 1.82) is 0 Å². The molecule has 0 spiro atoms. The Labute approximate surface area is 163 Å². The van der Waals surface area contributed by atoms with E-state index in [1.807, 2.05) is 30.9 Å². The zero-order valence-corrected chi connectivity index (χ0v) is 16.2. The Morgan fingerprint density at radius 3 is 2.57 bits per heavy atom. The SMILES string of the molecule is CC(C)c1[nH]c(=O)ccc1C(=O)N1CCN(Cc2ccc3c(c2)OCO3)CC1. The van der Waals surface area contributed by atoms with Gasteiger partial charge < -0.3 is 19.4 Å². The third-order valence-corrected chi connectivity index (χ3v) is 5.26. The number of aromatic nitrogens is 1. The van der Waals surface area contributed by atoms with E-state index in [0.29, 0.717) is 24.3 Å². The van der Waals surface area contributed by atoms with Crippen LogP contribution in [0.25, 0.3) is 0 Å². The molecule has 1 aromatic carbocycles. The number of aromatic amines is 1. The Kier molecular flexibility index (Phi) is 5.09. The maximum absolute atomic E-state index is 13.0. The van der Waals surface area contributed by atoms with E-state index in [4.69, 9.17) is 9.47 Å². The Balaban J connectivity index is 1.39. The average Bonchev–Trinajstić information content (AvgIpc) is 3.16. The van der Waals surface area contributed by atoms with Crippen LogP contribution in [0.1, 0.15) is 41.4 Å². The molecule has 0 saturated carbocycles. The van der Waals surface area contributed by atoms with Crippen LogP contribution in [-0.4, -0.2) is 53.7 Å². The molecular formula is C21H25N3O4. The predicted octanol–water partition coefficient (Wildman–Crippen LogP) is 2.19. The third kappa shape index (κ3) is 3.75. The molecule has 1 fully saturated rings. The minimum absolute atomic E-state index is 0.0114. The Morgan fingerprint density at radius 2 is 1.82 bits per heavy atom. The molecule has 4 rings (SSSR count). The summed E-state index contributed by atoms with van der Waals surface area (Å²) in [4.78, 5) is 31.6. The topological polar surface area (TPSA) is 74.9 Å². The summed E-state index contributed by atoms with van der Waals surface area (Å²) in [7, 11) is 0. The van der Waals surface area contributed by atoms with E-state index in [1.54, 1.807) is 6.07 Å². The molecular weight excluding hydrogens is 358 g/mol. The molecule has 1 aromatic heterocycles. The summed E-state index contributed by atoms with van der Waals surface area (Å²) in [5.41, 5.74) is 2.31. The molecule has 0 atom stereocenters. The largest absolute Gasteiger partial charge is 0.454 e. The van der Waals surface area contributed by atoms with Crippen molar-refractivity contribution in [3.63, 3.8) is 0 Å². The molecule has 7 nitrogen and oxygen atoms in total. The maximum Gasteiger partial charge on any atom is 0.255 e. The zero-order valence-electron chi connectivity index (χ0n) is 16.2. The van der Waals surface area contributed by atoms with Gasteiger partial charge >= 0.3 is 0 Å². The smallest absolute Gasteiger partial charge is 0.255 e. The molecule has 0 unspecified atom stereocenters. The number of carbonyl (C=O) groups excluding carboxylic acids is 1. The number of fused-ring (bicyclic) bond motifs is 1. The molecule has 1 saturated heterocycles. The van der Waals surface area contributed by atoms with Gasteiger partial charge in [0.25, 0.3) is 5.91 Å². The van der Waals surface area contributed by atoms with Crippen molar-refractivity contribution in [1.82, 2.24) is 14.8 Å². The van der Waals surface area contributed by atoms with E-state index >= 15 is 0 Å². The van der Waals surface area contributed by atoms with E-state index in [0.717, 1.165) is 31.1 Å². The number of benzene rings is 1. The number of ether oxygens (including phenoxy) is 2. The fraction of sp³-hybridized carbons (Fsp3) is 0.429. The van der Waals surface area contributed by atoms with Gasteiger partial charge in [-0.3, -0.25) is 14.5 Å². The van der Waals surface area contributed by atoms with E-state index in [1.165, 1.54) is 11.6 Å². The van der Waals surface area contributed by atoms with Crippen molar-refractivity contribution in [3.8, 4) is 11.5 Å². The standard InChI is InChI=1S/C21H25N3O4/c1-14(2)20-16(4-6-19(25)22-20)21(26)24-9-7-23(8-10-24)12-15-3-5-17-18(11-15)28-13-27-17/h3-6,11,14H,7-10,12-13H2,1-2H3,(H,22,25). The van der Waals surface area contributed by atoms with Gasteiger partial charge in [0.1, 0.15) is 0 Å².